The number of ether oxygens (including phenoxy) is 2. The van der Waals surface area contributed by atoms with Crippen molar-refractivity contribution in [2.45, 2.75) is 25.2 Å². The van der Waals surface area contributed by atoms with E-state index in [0.717, 1.165) is 0 Å². The topological polar surface area (TPSA) is 108 Å². The molecule has 12 heteroatoms. The highest BCUT2D eigenvalue weighted by atomic mass is 32.2. The Labute approximate surface area is 179 Å². The summed E-state index contributed by atoms with van der Waals surface area (Å²) in [5, 5.41) is 2.59. The summed E-state index contributed by atoms with van der Waals surface area (Å²) in [5.74, 6) is -0.755. The van der Waals surface area contributed by atoms with Crippen molar-refractivity contribution < 1.29 is 31.9 Å². The van der Waals surface area contributed by atoms with Gasteiger partial charge in [-0.1, -0.05) is 0 Å². The molecule has 0 saturated carbocycles. The molecule has 3 atom stereocenters. The Morgan fingerprint density at radius 2 is 2.06 bits per heavy atom. The van der Waals surface area contributed by atoms with Crippen molar-refractivity contribution in [2.75, 3.05) is 55.4 Å². The number of hydrogen-bond acceptors (Lipinski definition) is 7. The number of carbonyl (C=O) groups excluding carboxylic acids is 2. The lowest BCUT2D eigenvalue weighted by Gasteiger charge is -2.34. The molecule has 3 aliphatic rings. The van der Waals surface area contributed by atoms with E-state index < -0.39 is 28.0 Å². The van der Waals surface area contributed by atoms with Gasteiger partial charge in [0.15, 0.2) is 0 Å². The number of sulfonamides is 1. The SMILES string of the molecule is CC(=O)NCC1CN(c2ccc(N3CC4OCCN(S(C)(=O)=O)C4C3)c(F)c2)C(=O)O1. The average molecular weight is 456 g/mol. The highest BCUT2D eigenvalue weighted by Crippen LogP contribution is 2.33. The number of nitrogens with zero attached hydrogens (tertiary/aromatic N) is 3. The van der Waals surface area contributed by atoms with Crippen LogP contribution in [0.3, 0.4) is 0 Å². The number of fused-ring (bicyclic) bond motifs is 1. The molecule has 170 valence electrons. The fourth-order valence-electron chi connectivity index (χ4n) is 4.28. The third-order valence-electron chi connectivity index (χ3n) is 5.71. The predicted octanol–water partition coefficient (Wildman–Crippen LogP) is 0.136. The van der Waals surface area contributed by atoms with E-state index in [0.29, 0.717) is 31.1 Å². The average Bonchev–Trinajstić information content (AvgIpc) is 3.28. The fraction of sp³-hybridized carbons (Fsp3) is 0.579. The molecule has 3 fully saturated rings. The van der Waals surface area contributed by atoms with E-state index in [1.165, 1.54) is 28.5 Å². The highest BCUT2D eigenvalue weighted by Gasteiger charge is 2.44. The summed E-state index contributed by atoms with van der Waals surface area (Å²) in [6.45, 7) is 3.04. The maximum Gasteiger partial charge on any atom is 0.414 e. The Hall–Kier alpha value is -2.44. The minimum absolute atomic E-state index is 0.186. The van der Waals surface area contributed by atoms with Gasteiger partial charge < -0.3 is 19.7 Å². The van der Waals surface area contributed by atoms with Crippen LogP contribution in [-0.2, 0) is 24.3 Å². The van der Waals surface area contributed by atoms with Gasteiger partial charge in [-0.15, -0.1) is 0 Å². The van der Waals surface area contributed by atoms with Crippen molar-refractivity contribution in [1.82, 2.24) is 9.62 Å². The molecule has 10 nitrogen and oxygen atoms in total. The zero-order valence-corrected chi connectivity index (χ0v) is 18.1. The number of cyclic esters (lactones) is 1. The first-order valence-corrected chi connectivity index (χ1v) is 11.8. The summed E-state index contributed by atoms with van der Waals surface area (Å²) < 4.78 is 51.5. The first kappa shape index (κ1) is 21.8. The Kier molecular flexibility index (Phi) is 5.79. The van der Waals surface area contributed by atoms with Crippen molar-refractivity contribution in [3.8, 4) is 0 Å². The molecular formula is C19H25FN4O6S. The zero-order valence-electron chi connectivity index (χ0n) is 17.3. The minimum atomic E-state index is -3.39. The molecule has 4 rings (SSSR count). The van der Waals surface area contributed by atoms with Gasteiger partial charge in [-0.3, -0.25) is 9.69 Å². The van der Waals surface area contributed by atoms with Gasteiger partial charge in [-0.05, 0) is 18.2 Å². The third kappa shape index (κ3) is 4.46. The number of morpholine rings is 1. The molecule has 31 heavy (non-hydrogen) atoms. The highest BCUT2D eigenvalue weighted by molar-refractivity contribution is 7.88. The van der Waals surface area contributed by atoms with Crippen molar-refractivity contribution in [1.29, 1.82) is 0 Å². The van der Waals surface area contributed by atoms with Crippen LogP contribution in [0.1, 0.15) is 6.92 Å². The van der Waals surface area contributed by atoms with Crippen LogP contribution in [0.15, 0.2) is 18.2 Å². The van der Waals surface area contributed by atoms with E-state index in [9.17, 15) is 22.4 Å². The van der Waals surface area contributed by atoms with Gasteiger partial charge >= 0.3 is 6.09 Å². The number of rotatable bonds is 5. The zero-order chi connectivity index (χ0) is 22.3. The molecule has 3 heterocycles. The first-order chi connectivity index (χ1) is 14.6. The molecule has 0 bridgehead atoms. The van der Waals surface area contributed by atoms with Crippen molar-refractivity contribution in [3.63, 3.8) is 0 Å². The molecule has 2 amide bonds. The van der Waals surface area contributed by atoms with Crippen LogP contribution < -0.4 is 15.1 Å². The molecule has 0 aliphatic carbocycles. The summed E-state index contributed by atoms with van der Waals surface area (Å²) >= 11 is 0. The smallest absolute Gasteiger partial charge is 0.414 e. The number of anilines is 2. The molecule has 3 saturated heterocycles. The van der Waals surface area contributed by atoms with E-state index in [1.807, 2.05) is 0 Å². The molecule has 1 aromatic carbocycles. The maximum atomic E-state index is 15.0. The van der Waals surface area contributed by atoms with Crippen molar-refractivity contribution in [2.24, 2.45) is 0 Å². The Bertz CT molecular complexity index is 990. The van der Waals surface area contributed by atoms with Crippen LogP contribution in [0.2, 0.25) is 0 Å². The molecule has 1 N–H and O–H groups in total. The molecule has 0 radical (unpaired) electrons. The predicted molar refractivity (Wildman–Crippen MR) is 110 cm³/mol. The second-order valence-corrected chi connectivity index (χ2v) is 9.88. The van der Waals surface area contributed by atoms with Crippen LogP contribution in [0.4, 0.5) is 20.6 Å². The molecule has 0 aromatic heterocycles. The summed E-state index contributed by atoms with van der Waals surface area (Å²) in [6.07, 6.45) is -0.278. The number of halogens is 1. The van der Waals surface area contributed by atoms with E-state index >= 15 is 0 Å². The number of hydrogen-bond donors (Lipinski definition) is 1. The lowest BCUT2D eigenvalue weighted by atomic mass is 10.2. The largest absolute Gasteiger partial charge is 0.442 e. The van der Waals surface area contributed by atoms with E-state index in [-0.39, 0.29) is 37.7 Å². The quantitative estimate of drug-likeness (QED) is 0.671. The number of nitrogens with one attached hydrogen (secondary N) is 1. The Morgan fingerprint density at radius 1 is 1.29 bits per heavy atom. The third-order valence-corrected chi connectivity index (χ3v) is 7.02. The molecule has 3 aliphatic heterocycles. The summed E-state index contributed by atoms with van der Waals surface area (Å²) in [4.78, 5) is 26.3. The lowest BCUT2D eigenvalue weighted by molar-refractivity contribution is -0.119. The number of carbonyl (C=O) groups is 2. The normalized spacial score (nSPS) is 26.7. The van der Waals surface area contributed by atoms with Gasteiger partial charge in [0.2, 0.25) is 15.9 Å². The lowest BCUT2D eigenvalue weighted by Crippen LogP contribution is -2.52. The first-order valence-electron chi connectivity index (χ1n) is 9.99. The van der Waals surface area contributed by atoms with E-state index in [2.05, 4.69) is 5.32 Å². The summed E-state index contributed by atoms with van der Waals surface area (Å²) in [5.41, 5.74) is 0.666. The van der Waals surface area contributed by atoms with Gasteiger partial charge in [0.25, 0.3) is 0 Å². The van der Waals surface area contributed by atoms with Crippen molar-refractivity contribution in [3.05, 3.63) is 24.0 Å². The summed E-state index contributed by atoms with van der Waals surface area (Å²) in [7, 11) is -3.39. The van der Waals surface area contributed by atoms with Gasteiger partial charge in [-0.25, -0.2) is 17.6 Å². The fourth-order valence-corrected chi connectivity index (χ4v) is 5.38. The van der Waals surface area contributed by atoms with E-state index in [4.69, 9.17) is 9.47 Å². The molecule has 3 unspecified atom stereocenters. The van der Waals surface area contributed by atoms with Crippen LogP contribution in [0.25, 0.3) is 0 Å². The monoisotopic (exact) mass is 456 g/mol. The van der Waals surface area contributed by atoms with Gasteiger partial charge in [0, 0.05) is 26.6 Å². The molecule has 0 spiro atoms. The maximum absolute atomic E-state index is 15.0. The van der Waals surface area contributed by atoms with Crippen LogP contribution >= 0.6 is 0 Å². The van der Waals surface area contributed by atoms with Crippen molar-refractivity contribution >= 4 is 33.4 Å². The van der Waals surface area contributed by atoms with E-state index in [1.54, 1.807) is 17.0 Å². The summed E-state index contributed by atoms with van der Waals surface area (Å²) in [6, 6.07) is 4.08. The Morgan fingerprint density at radius 3 is 2.74 bits per heavy atom. The number of benzene rings is 1. The van der Waals surface area contributed by atoms with Crippen LogP contribution in [-0.4, -0.2) is 88.6 Å². The minimum Gasteiger partial charge on any atom is -0.442 e. The molecular weight excluding hydrogens is 431 g/mol. The Balaban J connectivity index is 1.47. The van der Waals surface area contributed by atoms with Crippen LogP contribution in [0, 0.1) is 5.82 Å². The number of amides is 2. The van der Waals surface area contributed by atoms with Crippen LogP contribution in [0.5, 0.6) is 0 Å². The van der Waals surface area contributed by atoms with Gasteiger partial charge in [0.1, 0.15) is 11.9 Å². The molecule has 1 aromatic rings. The van der Waals surface area contributed by atoms with Gasteiger partial charge in [-0.2, -0.15) is 4.31 Å². The van der Waals surface area contributed by atoms with Gasteiger partial charge in [0.05, 0.1) is 49.5 Å². The standard InChI is InChI=1S/C19H25FN4O6S/c1-12(25)21-8-14-9-23(19(26)30-14)13-3-4-16(15(20)7-13)22-10-17-18(11-22)29-6-5-24(17)31(2,27)28/h3-4,7,14,17-18H,5-6,8-11H2,1-2H3,(H,21,25). The second-order valence-electron chi connectivity index (χ2n) is 7.94. The second kappa shape index (κ2) is 8.24.